The molecule has 0 spiro atoms. The molecule has 2 heterocycles. The second-order valence-electron chi connectivity index (χ2n) is 6.32. The van der Waals surface area contributed by atoms with Crippen molar-refractivity contribution >= 4 is 51.9 Å². The highest BCUT2D eigenvalue weighted by Crippen LogP contribution is 2.20. The van der Waals surface area contributed by atoms with Crippen LogP contribution in [0.2, 0.25) is 5.02 Å². The van der Waals surface area contributed by atoms with Gasteiger partial charge in [0.2, 0.25) is 5.91 Å². The Labute approximate surface area is 168 Å². The molecule has 8 heteroatoms. The van der Waals surface area contributed by atoms with E-state index in [1.165, 1.54) is 0 Å². The molecule has 0 saturated carbocycles. The minimum Gasteiger partial charge on any atom is -0.345 e. The van der Waals surface area contributed by atoms with Gasteiger partial charge in [0.25, 0.3) is 0 Å². The maximum atomic E-state index is 12.4. The Hall–Kier alpha value is -1.70. The number of hydrogen-bond donors (Lipinski definition) is 1. The maximum Gasteiger partial charge on any atom is 0.229 e. The molecule has 1 aromatic heterocycles. The summed E-state index contributed by atoms with van der Waals surface area (Å²) in [6, 6.07) is 5.80. The van der Waals surface area contributed by atoms with Crippen molar-refractivity contribution in [2.75, 3.05) is 31.5 Å². The van der Waals surface area contributed by atoms with Crippen molar-refractivity contribution in [3.8, 4) is 0 Å². The summed E-state index contributed by atoms with van der Waals surface area (Å²) in [5, 5.41) is 7.45. The molecule has 1 saturated heterocycles. The van der Waals surface area contributed by atoms with Gasteiger partial charge in [0.15, 0.2) is 5.11 Å². The van der Waals surface area contributed by atoms with E-state index in [4.69, 9.17) is 23.8 Å². The third kappa shape index (κ3) is 4.72. The molecule has 0 aliphatic carbocycles. The molecule has 0 radical (unpaired) electrons. The van der Waals surface area contributed by atoms with Crippen LogP contribution in [0.3, 0.4) is 0 Å². The van der Waals surface area contributed by atoms with E-state index in [2.05, 4.69) is 15.2 Å². The van der Waals surface area contributed by atoms with Crippen molar-refractivity contribution in [3.05, 3.63) is 44.9 Å². The van der Waals surface area contributed by atoms with Gasteiger partial charge in [0, 0.05) is 48.0 Å². The molecule has 3 rings (SSSR count). The Morgan fingerprint density at radius 1 is 1.27 bits per heavy atom. The Balaban J connectivity index is 1.50. The van der Waals surface area contributed by atoms with Crippen molar-refractivity contribution in [3.63, 3.8) is 0 Å². The third-order valence-electron chi connectivity index (χ3n) is 4.31. The Morgan fingerprint density at radius 3 is 2.58 bits per heavy atom. The van der Waals surface area contributed by atoms with Crippen molar-refractivity contribution in [2.24, 2.45) is 0 Å². The molecule has 2 aromatic rings. The zero-order valence-corrected chi connectivity index (χ0v) is 17.2. The van der Waals surface area contributed by atoms with Crippen LogP contribution in [0.1, 0.15) is 16.3 Å². The average Bonchev–Trinajstić information content (AvgIpc) is 3.03. The van der Waals surface area contributed by atoms with Crippen LogP contribution in [0.5, 0.6) is 0 Å². The quantitative estimate of drug-likeness (QED) is 0.787. The summed E-state index contributed by atoms with van der Waals surface area (Å²) in [6.45, 7) is 6.67. The molecular weight excluding hydrogens is 388 g/mol. The number of anilines is 1. The Bertz CT molecular complexity index is 815. The van der Waals surface area contributed by atoms with E-state index in [1.807, 2.05) is 42.3 Å². The van der Waals surface area contributed by atoms with E-state index >= 15 is 0 Å². The summed E-state index contributed by atoms with van der Waals surface area (Å²) < 4.78 is 0. The zero-order valence-electron chi connectivity index (χ0n) is 14.8. The van der Waals surface area contributed by atoms with Gasteiger partial charge in [-0.1, -0.05) is 17.7 Å². The molecule has 1 aliphatic rings. The molecular formula is C18H21ClN4OS2. The lowest BCUT2D eigenvalue weighted by atomic mass is 10.2. The van der Waals surface area contributed by atoms with E-state index in [1.54, 1.807) is 11.3 Å². The number of carbonyl (C=O) groups excluding carboxylic acids is 1. The summed E-state index contributed by atoms with van der Waals surface area (Å²) >= 11 is 13.2. The number of benzene rings is 1. The maximum absolute atomic E-state index is 12.4. The predicted molar refractivity (Wildman–Crippen MR) is 111 cm³/mol. The second-order valence-corrected chi connectivity index (χ2v) is 8.06. The molecule has 0 bridgehead atoms. The number of nitrogens with one attached hydrogen (secondary N) is 1. The summed E-state index contributed by atoms with van der Waals surface area (Å²) in [7, 11) is 0. The standard InChI is InChI=1S/C18H21ClN4OS2/c1-12-3-4-14(9-15(12)19)21-18(25)23-7-5-22(6-8-23)17(24)10-16-20-13(2)11-26-16/h3-4,9,11H,5-8,10H2,1-2H3,(H,21,25). The van der Waals surface area contributed by atoms with Crippen LogP contribution in [0.4, 0.5) is 5.69 Å². The van der Waals surface area contributed by atoms with Crippen LogP contribution in [0, 0.1) is 13.8 Å². The Morgan fingerprint density at radius 2 is 1.96 bits per heavy atom. The van der Waals surface area contributed by atoms with E-state index < -0.39 is 0 Å². The smallest absolute Gasteiger partial charge is 0.229 e. The molecule has 1 N–H and O–H groups in total. The largest absolute Gasteiger partial charge is 0.345 e. The van der Waals surface area contributed by atoms with Gasteiger partial charge in [-0.05, 0) is 43.8 Å². The van der Waals surface area contributed by atoms with Gasteiger partial charge >= 0.3 is 0 Å². The van der Waals surface area contributed by atoms with Crippen LogP contribution >= 0.6 is 35.2 Å². The number of aromatic nitrogens is 1. The van der Waals surface area contributed by atoms with Crippen molar-refractivity contribution in [1.82, 2.24) is 14.8 Å². The molecule has 26 heavy (non-hydrogen) atoms. The summed E-state index contributed by atoms with van der Waals surface area (Å²) in [4.78, 5) is 20.8. The number of nitrogens with zero attached hydrogens (tertiary/aromatic N) is 3. The number of piperazine rings is 1. The topological polar surface area (TPSA) is 48.5 Å². The molecule has 1 aromatic carbocycles. The molecule has 1 fully saturated rings. The number of thiazole rings is 1. The lowest BCUT2D eigenvalue weighted by molar-refractivity contribution is -0.131. The minimum atomic E-state index is 0.128. The molecule has 138 valence electrons. The van der Waals surface area contributed by atoms with Gasteiger partial charge in [-0.25, -0.2) is 4.98 Å². The number of hydrogen-bond acceptors (Lipinski definition) is 4. The summed E-state index contributed by atoms with van der Waals surface area (Å²) in [5.74, 6) is 0.128. The van der Waals surface area contributed by atoms with Crippen LogP contribution < -0.4 is 5.32 Å². The highest BCUT2D eigenvalue weighted by atomic mass is 35.5. The van der Waals surface area contributed by atoms with Gasteiger partial charge in [-0.15, -0.1) is 11.3 Å². The van der Waals surface area contributed by atoms with Crippen molar-refractivity contribution < 1.29 is 4.79 Å². The number of thiocarbonyl (C=S) groups is 1. The predicted octanol–water partition coefficient (Wildman–Crippen LogP) is 3.50. The molecule has 5 nitrogen and oxygen atoms in total. The van der Waals surface area contributed by atoms with Gasteiger partial charge in [0.1, 0.15) is 5.01 Å². The van der Waals surface area contributed by atoms with Crippen LogP contribution in [0.25, 0.3) is 0 Å². The first kappa shape index (κ1) is 19.1. The first-order valence-corrected chi connectivity index (χ1v) is 10.1. The highest BCUT2D eigenvalue weighted by molar-refractivity contribution is 7.80. The zero-order chi connectivity index (χ0) is 18.7. The van der Waals surface area contributed by atoms with E-state index in [-0.39, 0.29) is 5.91 Å². The monoisotopic (exact) mass is 408 g/mol. The molecule has 0 atom stereocenters. The van der Waals surface area contributed by atoms with Crippen LogP contribution in [-0.2, 0) is 11.2 Å². The SMILES string of the molecule is Cc1csc(CC(=O)N2CCN(C(=S)Nc3ccc(C)c(Cl)c3)CC2)n1. The number of rotatable bonds is 3. The highest BCUT2D eigenvalue weighted by Gasteiger charge is 2.23. The molecule has 0 unspecified atom stereocenters. The summed E-state index contributed by atoms with van der Waals surface area (Å²) in [5.41, 5.74) is 2.88. The normalized spacial score (nSPS) is 14.4. The number of amides is 1. The minimum absolute atomic E-state index is 0.128. The van der Waals surface area contributed by atoms with Crippen LogP contribution in [0.15, 0.2) is 23.6 Å². The first-order valence-electron chi connectivity index (χ1n) is 8.43. The molecule has 1 amide bonds. The number of carbonyl (C=O) groups is 1. The molecule has 1 aliphatic heterocycles. The van der Waals surface area contributed by atoms with Crippen molar-refractivity contribution in [2.45, 2.75) is 20.3 Å². The van der Waals surface area contributed by atoms with Gasteiger partial charge in [0.05, 0.1) is 6.42 Å². The first-order chi connectivity index (χ1) is 12.4. The summed E-state index contributed by atoms with van der Waals surface area (Å²) in [6.07, 6.45) is 0.378. The fourth-order valence-corrected chi connectivity index (χ4v) is 4.00. The lowest BCUT2D eigenvalue weighted by Crippen LogP contribution is -2.51. The Kier molecular flexibility index (Phi) is 6.11. The third-order valence-corrected chi connectivity index (χ3v) is 6.05. The van der Waals surface area contributed by atoms with E-state index in [0.29, 0.717) is 42.7 Å². The number of aryl methyl sites for hydroxylation is 2. The van der Waals surface area contributed by atoms with Gasteiger partial charge in [-0.2, -0.15) is 0 Å². The second kappa shape index (κ2) is 8.33. The fourth-order valence-electron chi connectivity index (χ4n) is 2.76. The van der Waals surface area contributed by atoms with Gasteiger partial charge in [-0.3, -0.25) is 4.79 Å². The van der Waals surface area contributed by atoms with E-state index in [9.17, 15) is 4.79 Å². The van der Waals surface area contributed by atoms with Gasteiger partial charge < -0.3 is 15.1 Å². The van der Waals surface area contributed by atoms with E-state index in [0.717, 1.165) is 22.0 Å². The van der Waals surface area contributed by atoms with Crippen molar-refractivity contribution in [1.29, 1.82) is 0 Å². The number of halogens is 1. The average molecular weight is 409 g/mol. The van der Waals surface area contributed by atoms with Crippen LogP contribution in [-0.4, -0.2) is 52.0 Å². The fraction of sp³-hybridized carbons (Fsp3) is 0.389. The lowest BCUT2D eigenvalue weighted by Gasteiger charge is -2.36.